The van der Waals surface area contributed by atoms with Gasteiger partial charge in [-0.05, 0) is 25.3 Å². The van der Waals surface area contributed by atoms with E-state index < -0.39 is 0 Å². The minimum atomic E-state index is -0.0909. The second-order valence-electron chi connectivity index (χ2n) is 4.70. The van der Waals surface area contributed by atoms with E-state index in [1.807, 2.05) is 0 Å². The third kappa shape index (κ3) is 3.35. The van der Waals surface area contributed by atoms with E-state index in [-0.39, 0.29) is 33.7 Å². The van der Waals surface area contributed by atoms with Gasteiger partial charge in [-0.1, -0.05) is 36.0 Å². The zero-order valence-corrected chi connectivity index (χ0v) is 11.9. The van der Waals surface area contributed by atoms with E-state index in [9.17, 15) is 4.79 Å². The van der Waals surface area contributed by atoms with E-state index in [4.69, 9.17) is 28.9 Å². The minimum Gasteiger partial charge on any atom is -0.330 e. The average Bonchev–Trinajstić information content (AvgIpc) is 2.43. The first kappa shape index (κ1) is 14.5. The molecule has 1 aromatic rings. The van der Waals surface area contributed by atoms with Crippen LogP contribution in [-0.2, 0) is 4.79 Å². The summed E-state index contributed by atoms with van der Waals surface area (Å²) in [6, 6.07) is 0. The van der Waals surface area contributed by atoms with Gasteiger partial charge >= 0.3 is 0 Å². The minimum absolute atomic E-state index is 0.0800. The maximum atomic E-state index is 12.3. The molecule has 2 atom stereocenters. The number of anilines is 1. The van der Waals surface area contributed by atoms with Crippen molar-refractivity contribution in [3.8, 4) is 0 Å². The second-order valence-corrected chi connectivity index (χ2v) is 5.44. The first-order chi connectivity index (χ1) is 9.13. The fourth-order valence-electron chi connectivity index (χ4n) is 2.48. The maximum Gasteiger partial charge on any atom is 0.229 e. The van der Waals surface area contributed by atoms with E-state index in [1.165, 1.54) is 6.33 Å². The molecule has 1 aromatic heterocycles. The number of carbonyl (C=O) groups is 1. The summed E-state index contributed by atoms with van der Waals surface area (Å²) < 4.78 is 0. The van der Waals surface area contributed by atoms with E-state index in [1.54, 1.807) is 0 Å². The van der Waals surface area contributed by atoms with E-state index in [0.29, 0.717) is 6.54 Å². The van der Waals surface area contributed by atoms with Crippen LogP contribution in [0.25, 0.3) is 0 Å². The van der Waals surface area contributed by atoms with Crippen LogP contribution in [0.2, 0.25) is 10.2 Å². The molecule has 1 aliphatic rings. The Morgan fingerprint density at radius 1 is 1.37 bits per heavy atom. The number of nitrogens with one attached hydrogen (secondary N) is 1. The molecule has 3 N–H and O–H groups in total. The Morgan fingerprint density at radius 2 is 2.11 bits per heavy atom. The Kier molecular flexibility index (Phi) is 4.96. The molecule has 0 saturated heterocycles. The number of carbonyl (C=O) groups excluding carboxylic acids is 1. The molecule has 104 valence electrons. The number of rotatable bonds is 3. The molecule has 1 amide bonds. The normalized spacial score (nSPS) is 23.1. The number of aromatic nitrogens is 2. The molecule has 2 rings (SSSR count). The van der Waals surface area contributed by atoms with Crippen LogP contribution in [0.5, 0.6) is 0 Å². The summed E-state index contributed by atoms with van der Waals surface area (Å²) in [6.07, 6.45) is 5.29. The van der Waals surface area contributed by atoms with Crippen LogP contribution in [0.4, 0.5) is 5.82 Å². The van der Waals surface area contributed by atoms with Crippen molar-refractivity contribution in [1.29, 1.82) is 0 Å². The van der Waals surface area contributed by atoms with Gasteiger partial charge in [-0.15, -0.1) is 0 Å². The van der Waals surface area contributed by atoms with Gasteiger partial charge in [0.05, 0.1) is 0 Å². The number of nitrogens with two attached hydrogens (primary N) is 1. The van der Waals surface area contributed by atoms with Crippen molar-refractivity contribution in [3.05, 3.63) is 16.5 Å². The number of nitrogens with zero attached hydrogens (tertiary/aromatic N) is 2. The average molecular weight is 303 g/mol. The third-order valence-corrected chi connectivity index (χ3v) is 4.28. The van der Waals surface area contributed by atoms with Gasteiger partial charge in [0.2, 0.25) is 5.91 Å². The number of hydrogen-bond acceptors (Lipinski definition) is 4. The highest BCUT2D eigenvalue weighted by atomic mass is 35.5. The molecule has 2 unspecified atom stereocenters. The highest BCUT2D eigenvalue weighted by Crippen LogP contribution is 2.31. The Bertz CT molecular complexity index is 469. The van der Waals surface area contributed by atoms with Gasteiger partial charge in [0.1, 0.15) is 11.3 Å². The van der Waals surface area contributed by atoms with Gasteiger partial charge < -0.3 is 11.1 Å². The van der Waals surface area contributed by atoms with Crippen LogP contribution in [-0.4, -0.2) is 22.4 Å². The van der Waals surface area contributed by atoms with Crippen molar-refractivity contribution >= 4 is 34.9 Å². The molecule has 1 saturated carbocycles. The summed E-state index contributed by atoms with van der Waals surface area (Å²) in [6.45, 7) is 0.524. The molecule has 0 aromatic carbocycles. The molecule has 0 spiro atoms. The maximum absolute atomic E-state index is 12.3. The van der Waals surface area contributed by atoms with Crippen LogP contribution in [0.3, 0.4) is 0 Å². The molecule has 19 heavy (non-hydrogen) atoms. The van der Waals surface area contributed by atoms with Crippen LogP contribution in [0, 0.1) is 11.8 Å². The molecule has 1 aliphatic carbocycles. The fraction of sp³-hybridized carbons (Fsp3) is 0.583. The molecule has 7 heteroatoms. The first-order valence-corrected chi connectivity index (χ1v) is 7.06. The van der Waals surface area contributed by atoms with Gasteiger partial charge in [-0.3, -0.25) is 4.79 Å². The highest BCUT2D eigenvalue weighted by Gasteiger charge is 2.30. The number of amides is 1. The topological polar surface area (TPSA) is 80.9 Å². The smallest absolute Gasteiger partial charge is 0.229 e. The summed E-state index contributed by atoms with van der Waals surface area (Å²) in [5.74, 6) is 0.313. The standard InChI is InChI=1S/C12H16Cl2N4O/c13-9-10(14)16-6-17-11(9)18-12(19)8-4-2-1-3-7(8)5-15/h6-8H,1-5,15H2,(H,16,17,18,19). The third-order valence-electron chi connectivity index (χ3n) is 3.54. The zero-order valence-electron chi connectivity index (χ0n) is 10.4. The van der Waals surface area contributed by atoms with Gasteiger partial charge in [-0.2, -0.15) is 0 Å². The van der Waals surface area contributed by atoms with Crippen LogP contribution >= 0.6 is 23.2 Å². The first-order valence-electron chi connectivity index (χ1n) is 6.30. The molecule has 1 heterocycles. The fourth-order valence-corrected chi connectivity index (χ4v) is 2.76. The summed E-state index contributed by atoms with van der Waals surface area (Å²) >= 11 is 11.7. The predicted molar refractivity (Wildman–Crippen MR) is 75.2 cm³/mol. The summed E-state index contributed by atoms with van der Waals surface area (Å²) in [4.78, 5) is 19.9. The van der Waals surface area contributed by atoms with Gasteiger partial charge in [0.15, 0.2) is 11.0 Å². The largest absolute Gasteiger partial charge is 0.330 e. The SMILES string of the molecule is NCC1CCCCC1C(=O)Nc1ncnc(Cl)c1Cl. The summed E-state index contributed by atoms with van der Waals surface area (Å²) in [7, 11) is 0. The quantitative estimate of drug-likeness (QED) is 0.841. The van der Waals surface area contributed by atoms with Crippen LogP contribution in [0.15, 0.2) is 6.33 Å². The van der Waals surface area contributed by atoms with Crippen LogP contribution in [0.1, 0.15) is 25.7 Å². The molecule has 5 nitrogen and oxygen atoms in total. The summed E-state index contributed by atoms with van der Waals surface area (Å²) in [5, 5.41) is 3.02. The molecular weight excluding hydrogens is 287 g/mol. The van der Waals surface area contributed by atoms with Crippen molar-refractivity contribution in [3.63, 3.8) is 0 Å². The van der Waals surface area contributed by atoms with Gasteiger partial charge in [-0.25, -0.2) is 9.97 Å². The molecular formula is C12H16Cl2N4O. The van der Waals surface area contributed by atoms with Crippen molar-refractivity contribution in [1.82, 2.24) is 9.97 Å². The number of hydrogen-bond donors (Lipinski definition) is 2. The lowest BCUT2D eigenvalue weighted by atomic mass is 9.79. The Hall–Kier alpha value is -0.910. The lowest BCUT2D eigenvalue weighted by molar-refractivity contribution is -0.122. The van der Waals surface area contributed by atoms with Crippen molar-refractivity contribution in [2.75, 3.05) is 11.9 Å². The Morgan fingerprint density at radius 3 is 2.84 bits per heavy atom. The molecule has 1 fully saturated rings. The van der Waals surface area contributed by atoms with E-state index in [0.717, 1.165) is 25.7 Å². The Balaban J connectivity index is 2.09. The second kappa shape index (κ2) is 6.50. The monoisotopic (exact) mass is 302 g/mol. The van der Waals surface area contributed by atoms with E-state index in [2.05, 4.69) is 15.3 Å². The molecule has 0 bridgehead atoms. The Labute approximate surface area is 121 Å². The molecule has 0 radical (unpaired) electrons. The van der Waals surface area contributed by atoms with Crippen molar-refractivity contribution in [2.45, 2.75) is 25.7 Å². The predicted octanol–water partition coefficient (Wildman–Crippen LogP) is 2.49. The lowest BCUT2D eigenvalue weighted by Gasteiger charge is -2.29. The van der Waals surface area contributed by atoms with Crippen molar-refractivity contribution < 1.29 is 4.79 Å². The van der Waals surface area contributed by atoms with Crippen molar-refractivity contribution in [2.24, 2.45) is 17.6 Å². The van der Waals surface area contributed by atoms with Gasteiger partial charge in [0, 0.05) is 5.92 Å². The molecule has 0 aliphatic heterocycles. The highest BCUT2D eigenvalue weighted by molar-refractivity contribution is 6.42. The summed E-state index contributed by atoms with van der Waals surface area (Å²) in [5.41, 5.74) is 5.73. The lowest BCUT2D eigenvalue weighted by Crippen LogP contribution is -2.35. The number of halogens is 2. The van der Waals surface area contributed by atoms with E-state index >= 15 is 0 Å². The zero-order chi connectivity index (χ0) is 13.8. The van der Waals surface area contributed by atoms with Crippen LogP contribution < -0.4 is 11.1 Å². The van der Waals surface area contributed by atoms with Gasteiger partial charge in [0.25, 0.3) is 0 Å².